The summed E-state index contributed by atoms with van der Waals surface area (Å²) in [5, 5.41) is 10.3. The van der Waals surface area contributed by atoms with Gasteiger partial charge >= 0.3 is 0 Å². The molecule has 0 aliphatic carbocycles. The molecule has 5 aromatic heterocycles. The van der Waals surface area contributed by atoms with Crippen molar-refractivity contribution in [2.75, 3.05) is 0 Å². The number of hydrogen-bond donors (Lipinski definition) is 0. The highest BCUT2D eigenvalue weighted by Gasteiger charge is 2.23. The van der Waals surface area contributed by atoms with Gasteiger partial charge in [0, 0.05) is 11.6 Å². The summed E-state index contributed by atoms with van der Waals surface area (Å²) in [6.07, 6.45) is 0.641. The van der Waals surface area contributed by atoms with E-state index in [1.165, 1.54) is 17.4 Å². The molecule has 0 bridgehead atoms. The molecule has 7 nitrogen and oxygen atoms in total. The standard InChI is InChI=1S/C23H16ClF2N7S/c1-11-15(24)9-32(30-11)12(2)21-29-22-19-18(27-10-33(22)31-21)17-14(13-6-4-3-5-7-13)8-16(20(25)26)28-23(17)34-19/h3-10,12,20H,1-2H3. The Morgan fingerprint density at radius 2 is 1.88 bits per heavy atom. The zero-order chi connectivity index (χ0) is 23.6. The van der Waals surface area contributed by atoms with Crippen molar-refractivity contribution in [2.45, 2.75) is 26.3 Å². The Hall–Kier alpha value is -3.50. The van der Waals surface area contributed by atoms with E-state index in [0.29, 0.717) is 32.4 Å². The summed E-state index contributed by atoms with van der Waals surface area (Å²) in [7, 11) is 0. The number of hydrogen-bond acceptors (Lipinski definition) is 6. The lowest BCUT2D eigenvalue weighted by molar-refractivity contribution is 0.146. The van der Waals surface area contributed by atoms with Gasteiger partial charge in [0.1, 0.15) is 27.6 Å². The number of aryl methyl sites for hydroxylation is 1. The first-order chi connectivity index (χ1) is 16.4. The maximum absolute atomic E-state index is 13.7. The van der Waals surface area contributed by atoms with E-state index in [1.54, 1.807) is 21.7 Å². The van der Waals surface area contributed by atoms with E-state index >= 15 is 0 Å². The fourth-order valence-corrected chi connectivity index (χ4v) is 5.25. The molecule has 0 amide bonds. The first-order valence-corrected chi connectivity index (χ1v) is 11.6. The minimum atomic E-state index is -2.69. The number of benzene rings is 1. The van der Waals surface area contributed by atoms with Crippen molar-refractivity contribution in [3.8, 4) is 11.1 Å². The molecule has 0 radical (unpaired) electrons. The van der Waals surface area contributed by atoms with E-state index in [2.05, 4.69) is 20.2 Å². The molecule has 34 heavy (non-hydrogen) atoms. The van der Waals surface area contributed by atoms with Gasteiger partial charge in [0.2, 0.25) is 0 Å². The second-order valence-electron chi connectivity index (χ2n) is 7.92. The third kappa shape index (κ3) is 3.24. The van der Waals surface area contributed by atoms with Crippen LogP contribution in [-0.2, 0) is 0 Å². The molecule has 1 unspecified atom stereocenters. The van der Waals surface area contributed by atoms with Crippen molar-refractivity contribution in [1.82, 2.24) is 34.3 Å². The molecule has 6 rings (SSSR count). The van der Waals surface area contributed by atoms with Gasteiger partial charge in [0.25, 0.3) is 6.43 Å². The predicted octanol–water partition coefficient (Wildman–Crippen LogP) is 6.26. The van der Waals surface area contributed by atoms with Gasteiger partial charge in [-0.15, -0.1) is 16.4 Å². The molecule has 0 N–H and O–H groups in total. The molecule has 0 aliphatic rings. The molecular formula is C23H16ClF2N7S. The molecule has 11 heteroatoms. The van der Waals surface area contributed by atoms with Crippen LogP contribution in [0.4, 0.5) is 8.78 Å². The topological polar surface area (TPSA) is 73.8 Å². The Kier molecular flexibility index (Phi) is 4.82. The van der Waals surface area contributed by atoms with Gasteiger partial charge in [-0.05, 0) is 31.0 Å². The minimum Gasteiger partial charge on any atom is -0.260 e. The summed E-state index contributed by atoms with van der Waals surface area (Å²) in [5.74, 6) is 0.537. The van der Waals surface area contributed by atoms with Crippen molar-refractivity contribution in [3.63, 3.8) is 0 Å². The second-order valence-corrected chi connectivity index (χ2v) is 9.33. The fraction of sp³-hybridized carbons (Fsp3) is 0.174. The van der Waals surface area contributed by atoms with E-state index in [1.807, 2.05) is 44.2 Å². The zero-order valence-corrected chi connectivity index (χ0v) is 19.5. The number of fused-ring (bicyclic) bond motifs is 5. The molecule has 170 valence electrons. The summed E-state index contributed by atoms with van der Waals surface area (Å²) < 4.78 is 31.4. The number of pyridine rings is 1. The van der Waals surface area contributed by atoms with Crippen LogP contribution in [0.1, 0.15) is 36.6 Å². The van der Waals surface area contributed by atoms with Gasteiger partial charge in [-0.2, -0.15) is 5.10 Å². The van der Waals surface area contributed by atoms with Crippen LogP contribution >= 0.6 is 22.9 Å². The van der Waals surface area contributed by atoms with Crippen LogP contribution in [0.15, 0.2) is 48.9 Å². The van der Waals surface area contributed by atoms with Gasteiger partial charge in [0.15, 0.2) is 11.5 Å². The maximum atomic E-state index is 13.7. The SMILES string of the molecule is Cc1nn(C(C)c2nc3c4sc5nc(C(F)F)cc(-c6ccccc6)c5c4ncn3n2)cc1Cl. The van der Waals surface area contributed by atoms with Crippen LogP contribution in [0, 0.1) is 6.92 Å². The average Bonchev–Trinajstić information content (AvgIpc) is 3.53. The van der Waals surface area contributed by atoms with Gasteiger partial charge in [0.05, 0.1) is 16.2 Å². The third-order valence-corrected chi connectivity index (χ3v) is 7.18. The fourth-order valence-electron chi connectivity index (χ4n) is 3.97. The first kappa shape index (κ1) is 21.1. The van der Waals surface area contributed by atoms with Crippen molar-refractivity contribution in [3.05, 3.63) is 71.2 Å². The minimum absolute atomic E-state index is 0.265. The maximum Gasteiger partial charge on any atom is 0.280 e. The largest absolute Gasteiger partial charge is 0.280 e. The Morgan fingerprint density at radius 3 is 2.59 bits per heavy atom. The number of thiophene rings is 1. The van der Waals surface area contributed by atoms with E-state index in [-0.39, 0.29) is 11.7 Å². The van der Waals surface area contributed by atoms with Crippen LogP contribution in [0.25, 0.3) is 37.2 Å². The molecule has 0 saturated carbocycles. The normalized spacial score (nSPS) is 13.0. The van der Waals surface area contributed by atoms with Crippen molar-refractivity contribution < 1.29 is 8.78 Å². The molecule has 0 fully saturated rings. The summed E-state index contributed by atoms with van der Waals surface area (Å²) >= 11 is 7.45. The summed E-state index contributed by atoms with van der Waals surface area (Å²) in [5.41, 5.74) is 3.18. The highest BCUT2D eigenvalue weighted by atomic mass is 35.5. The lowest BCUT2D eigenvalue weighted by Gasteiger charge is -2.07. The number of aromatic nitrogens is 7. The van der Waals surface area contributed by atoms with Gasteiger partial charge in [-0.1, -0.05) is 41.9 Å². The summed E-state index contributed by atoms with van der Waals surface area (Å²) in [6, 6.07) is 10.6. The van der Waals surface area contributed by atoms with E-state index < -0.39 is 6.43 Å². The molecule has 0 spiro atoms. The Bertz CT molecular complexity index is 1670. The smallest absolute Gasteiger partial charge is 0.260 e. The van der Waals surface area contributed by atoms with Gasteiger partial charge in [-0.25, -0.2) is 28.2 Å². The van der Waals surface area contributed by atoms with Crippen LogP contribution in [0.2, 0.25) is 5.02 Å². The Labute approximate surface area is 200 Å². The molecule has 6 aromatic rings. The van der Waals surface area contributed by atoms with Gasteiger partial charge in [-0.3, -0.25) is 4.68 Å². The number of rotatable bonds is 4. The highest BCUT2D eigenvalue weighted by molar-refractivity contribution is 7.26. The summed E-state index contributed by atoms with van der Waals surface area (Å²) in [6.45, 7) is 3.76. The number of halogens is 3. The first-order valence-electron chi connectivity index (χ1n) is 10.4. The quantitative estimate of drug-likeness (QED) is 0.288. The van der Waals surface area contributed by atoms with E-state index in [0.717, 1.165) is 21.3 Å². The van der Waals surface area contributed by atoms with E-state index in [9.17, 15) is 8.78 Å². The second kappa shape index (κ2) is 7.78. The van der Waals surface area contributed by atoms with Gasteiger partial charge < -0.3 is 0 Å². The molecule has 1 aromatic carbocycles. The monoisotopic (exact) mass is 495 g/mol. The van der Waals surface area contributed by atoms with Crippen molar-refractivity contribution >= 4 is 49.0 Å². The molecular weight excluding hydrogens is 480 g/mol. The van der Waals surface area contributed by atoms with Crippen LogP contribution in [0.3, 0.4) is 0 Å². The lowest BCUT2D eigenvalue weighted by Crippen LogP contribution is -2.09. The lowest BCUT2D eigenvalue weighted by atomic mass is 10.0. The van der Waals surface area contributed by atoms with Crippen molar-refractivity contribution in [1.29, 1.82) is 0 Å². The zero-order valence-electron chi connectivity index (χ0n) is 17.9. The Balaban J connectivity index is 1.59. The highest BCUT2D eigenvalue weighted by Crippen LogP contribution is 2.41. The molecule has 0 saturated heterocycles. The van der Waals surface area contributed by atoms with Crippen LogP contribution < -0.4 is 0 Å². The van der Waals surface area contributed by atoms with E-state index in [4.69, 9.17) is 16.6 Å². The summed E-state index contributed by atoms with van der Waals surface area (Å²) in [4.78, 5) is 14.1. The Morgan fingerprint density at radius 1 is 1.09 bits per heavy atom. The number of nitrogens with zero attached hydrogens (tertiary/aromatic N) is 7. The predicted molar refractivity (Wildman–Crippen MR) is 128 cm³/mol. The average molecular weight is 496 g/mol. The molecule has 1 atom stereocenters. The molecule has 0 aliphatic heterocycles. The van der Waals surface area contributed by atoms with Crippen LogP contribution in [0.5, 0.6) is 0 Å². The van der Waals surface area contributed by atoms with Crippen molar-refractivity contribution in [2.24, 2.45) is 0 Å². The number of alkyl halides is 2. The van der Waals surface area contributed by atoms with Crippen LogP contribution in [-0.4, -0.2) is 34.3 Å². The molecule has 5 heterocycles. The third-order valence-electron chi connectivity index (χ3n) is 5.74.